The number of nitrogens with one attached hydrogen (secondary N) is 1. The monoisotopic (exact) mass is 313 g/mol. The van der Waals surface area contributed by atoms with Crippen LogP contribution in [0, 0.1) is 0 Å². The predicted molar refractivity (Wildman–Crippen MR) is 93.9 cm³/mol. The number of methoxy groups -OCH3 is 1. The normalized spacial score (nSPS) is 12.7. The summed E-state index contributed by atoms with van der Waals surface area (Å²) in [6.07, 6.45) is 0.293. The number of aliphatic imine (C=N–C) groups is 1. The molecule has 0 aliphatic rings. The highest BCUT2D eigenvalue weighted by Crippen LogP contribution is 2.17. The minimum Gasteiger partial charge on any atom is -0.497 e. The van der Waals surface area contributed by atoms with Crippen molar-refractivity contribution in [2.75, 3.05) is 19.0 Å². The van der Waals surface area contributed by atoms with Crippen molar-refractivity contribution in [3.05, 3.63) is 59.7 Å². The molecule has 23 heavy (non-hydrogen) atoms. The number of aliphatic hydroxyl groups excluding tert-OH is 1. The van der Waals surface area contributed by atoms with E-state index in [1.807, 2.05) is 36.4 Å². The molecule has 0 saturated carbocycles. The largest absolute Gasteiger partial charge is 0.497 e. The number of hydrogen-bond donors (Lipinski definition) is 3. The first kappa shape index (κ1) is 16.8. The molecule has 0 radical (unpaired) electrons. The van der Waals surface area contributed by atoms with Gasteiger partial charge in [0.2, 0.25) is 0 Å². The minimum atomic E-state index is -0.705. The zero-order valence-corrected chi connectivity index (χ0v) is 13.5. The Kier molecular flexibility index (Phi) is 6.00. The van der Waals surface area contributed by atoms with E-state index in [1.54, 1.807) is 19.2 Å². The average Bonchev–Trinajstić information content (AvgIpc) is 2.60. The van der Waals surface area contributed by atoms with Gasteiger partial charge in [-0.2, -0.15) is 0 Å². The number of hydrogen-bond acceptors (Lipinski definition) is 3. The molecule has 0 aromatic heterocycles. The van der Waals surface area contributed by atoms with Crippen LogP contribution in [-0.4, -0.2) is 24.7 Å². The summed E-state index contributed by atoms with van der Waals surface area (Å²) < 4.78 is 5.09. The highest BCUT2D eigenvalue weighted by Gasteiger charge is 2.07. The Morgan fingerprint density at radius 1 is 1.17 bits per heavy atom. The van der Waals surface area contributed by atoms with Crippen molar-refractivity contribution < 1.29 is 9.84 Å². The fourth-order valence-electron chi connectivity index (χ4n) is 2.13. The molecule has 2 aromatic carbocycles. The molecular weight excluding hydrogens is 290 g/mol. The summed E-state index contributed by atoms with van der Waals surface area (Å²) in [5, 5.41) is 13.2. The molecule has 5 heteroatoms. The van der Waals surface area contributed by atoms with E-state index in [0.29, 0.717) is 0 Å². The van der Waals surface area contributed by atoms with E-state index >= 15 is 0 Å². The second-order valence-electron chi connectivity index (χ2n) is 5.19. The molecule has 122 valence electrons. The van der Waals surface area contributed by atoms with E-state index in [-0.39, 0.29) is 12.5 Å². The summed E-state index contributed by atoms with van der Waals surface area (Å²) in [7, 11) is 1.61. The van der Waals surface area contributed by atoms with Crippen molar-refractivity contribution in [1.29, 1.82) is 0 Å². The Labute approximate surface area is 136 Å². The van der Waals surface area contributed by atoms with E-state index < -0.39 is 6.10 Å². The maximum Gasteiger partial charge on any atom is 0.193 e. The number of ether oxygens (including phenoxy) is 1. The topological polar surface area (TPSA) is 79.9 Å². The number of anilines is 1. The SMILES string of the molecule is CCc1ccc(NC(N)=NC[C@H](O)c2ccc(OC)cc2)cc1. The van der Waals surface area contributed by atoms with Gasteiger partial charge in [0, 0.05) is 5.69 Å². The number of benzene rings is 2. The molecule has 0 amide bonds. The Balaban J connectivity index is 1.91. The molecule has 5 nitrogen and oxygen atoms in total. The van der Waals surface area contributed by atoms with Crippen LogP contribution in [0.4, 0.5) is 5.69 Å². The summed E-state index contributed by atoms with van der Waals surface area (Å²) in [5.41, 5.74) is 8.77. The van der Waals surface area contributed by atoms with E-state index in [9.17, 15) is 5.11 Å². The molecule has 0 heterocycles. The summed E-state index contributed by atoms with van der Waals surface area (Å²) in [5.74, 6) is 1.03. The first-order chi connectivity index (χ1) is 11.1. The van der Waals surface area contributed by atoms with Crippen molar-refractivity contribution in [1.82, 2.24) is 0 Å². The molecule has 0 aliphatic carbocycles. The van der Waals surface area contributed by atoms with Gasteiger partial charge in [-0.3, -0.25) is 4.99 Å². The number of aliphatic hydroxyl groups is 1. The van der Waals surface area contributed by atoms with Crippen LogP contribution < -0.4 is 15.8 Å². The number of nitrogens with two attached hydrogens (primary N) is 1. The third-order valence-corrected chi connectivity index (χ3v) is 3.57. The van der Waals surface area contributed by atoms with Crippen molar-refractivity contribution in [2.45, 2.75) is 19.4 Å². The molecule has 1 atom stereocenters. The van der Waals surface area contributed by atoms with Gasteiger partial charge in [-0.1, -0.05) is 31.2 Å². The highest BCUT2D eigenvalue weighted by atomic mass is 16.5. The third kappa shape index (κ3) is 5.00. The Morgan fingerprint density at radius 3 is 2.39 bits per heavy atom. The van der Waals surface area contributed by atoms with Crippen LogP contribution in [0.25, 0.3) is 0 Å². The fourth-order valence-corrected chi connectivity index (χ4v) is 2.13. The number of aryl methyl sites for hydroxylation is 1. The Hall–Kier alpha value is -2.53. The minimum absolute atomic E-state index is 0.193. The van der Waals surface area contributed by atoms with Crippen LogP contribution >= 0.6 is 0 Å². The predicted octanol–water partition coefficient (Wildman–Crippen LogP) is 2.72. The number of rotatable bonds is 6. The number of guanidine groups is 1. The summed E-state index contributed by atoms with van der Waals surface area (Å²) in [4.78, 5) is 4.18. The van der Waals surface area contributed by atoms with E-state index in [2.05, 4.69) is 17.2 Å². The lowest BCUT2D eigenvalue weighted by molar-refractivity contribution is 0.187. The molecule has 2 aromatic rings. The lowest BCUT2D eigenvalue weighted by Crippen LogP contribution is -2.23. The molecular formula is C18H23N3O2. The standard InChI is InChI=1S/C18H23N3O2/c1-3-13-4-8-15(9-5-13)21-18(19)20-12-17(22)14-6-10-16(23-2)11-7-14/h4-11,17,22H,3,12H2,1-2H3,(H3,19,20,21)/t17-/m0/s1. The van der Waals surface area contributed by atoms with E-state index in [0.717, 1.165) is 23.4 Å². The highest BCUT2D eigenvalue weighted by molar-refractivity contribution is 5.92. The zero-order valence-electron chi connectivity index (χ0n) is 13.5. The van der Waals surface area contributed by atoms with Crippen LogP contribution in [0.2, 0.25) is 0 Å². The van der Waals surface area contributed by atoms with Crippen LogP contribution in [0.15, 0.2) is 53.5 Å². The van der Waals surface area contributed by atoms with Crippen LogP contribution in [-0.2, 0) is 6.42 Å². The molecule has 0 fully saturated rings. The molecule has 0 saturated heterocycles. The van der Waals surface area contributed by atoms with Gasteiger partial charge in [-0.05, 0) is 41.8 Å². The summed E-state index contributed by atoms with van der Waals surface area (Å²) >= 11 is 0. The van der Waals surface area contributed by atoms with Gasteiger partial charge in [-0.25, -0.2) is 0 Å². The average molecular weight is 313 g/mol. The van der Waals surface area contributed by atoms with Gasteiger partial charge in [0.15, 0.2) is 5.96 Å². The third-order valence-electron chi connectivity index (χ3n) is 3.57. The first-order valence-corrected chi connectivity index (χ1v) is 7.60. The first-order valence-electron chi connectivity index (χ1n) is 7.60. The van der Waals surface area contributed by atoms with E-state index in [4.69, 9.17) is 10.5 Å². The van der Waals surface area contributed by atoms with Gasteiger partial charge in [0.1, 0.15) is 5.75 Å². The number of nitrogens with zero attached hydrogens (tertiary/aromatic N) is 1. The molecule has 2 rings (SSSR count). The zero-order chi connectivity index (χ0) is 16.7. The second kappa shape index (κ2) is 8.19. The quantitative estimate of drug-likeness (QED) is 0.566. The maximum absolute atomic E-state index is 10.1. The van der Waals surface area contributed by atoms with Crippen molar-refractivity contribution in [3.8, 4) is 5.75 Å². The molecule has 0 unspecified atom stereocenters. The fraction of sp³-hybridized carbons (Fsp3) is 0.278. The van der Waals surface area contributed by atoms with Gasteiger partial charge in [0.25, 0.3) is 0 Å². The van der Waals surface area contributed by atoms with E-state index in [1.165, 1.54) is 5.56 Å². The second-order valence-corrected chi connectivity index (χ2v) is 5.19. The lowest BCUT2D eigenvalue weighted by atomic mass is 10.1. The summed E-state index contributed by atoms with van der Waals surface area (Å²) in [6.45, 7) is 2.30. The van der Waals surface area contributed by atoms with Gasteiger partial charge >= 0.3 is 0 Å². The van der Waals surface area contributed by atoms with Crippen molar-refractivity contribution >= 4 is 11.6 Å². The smallest absolute Gasteiger partial charge is 0.193 e. The Bertz CT molecular complexity index is 636. The van der Waals surface area contributed by atoms with Gasteiger partial charge in [0.05, 0.1) is 19.8 Å². The molecule has 4 N–H and O–H groups in total. The van der Waals surface area contributed by atoms with Crippen LogP contribution in [0.3, 0.4) is 0 Å². The molecule has 0 bridgehead atoms. The van der Waals surface area contributed by atoms with Crippen LogP contribution in [0.5, 0.6) is 5.75 Å². The maximum atomic E-state index is 10.1. The lowest BCUT2D eigenvalue weighted by Gasteiger charge is -2.11. The van der Waals surface area contributed by atoms with Gasteiger partial charge in [-0.15, -0.1) is 0 Å². The van der Waals surface area contributed by atoms with Crippen molar-refractivity contribution in [3.63, 3.8) is 0 Å². The molecule has 0 spiro atoms. The van der Waals surface area contributed by atoms with Gasteiger partial charge < -0.3 is 20.9 Å². The summed E-state index contributed by atoms with van der Waals surface area (Å²) in [6, 6.07) is 15.2. The molecule has 0 aliphatic heterocycles. The Morgan fingerprint density at radius 2 is 1.83 bits per heavy atom. The van der Waals surface area contributed by atoms with Crippen LogP contribution in [0.1, 0.15) is 24.2 Å². The van der Waals surface area contributed by atoms with Crippen molar-refractivity contribution in [2.24, 2.45) is 10.7 Å².